The molecule has 1 fully saturated rings. The number of benzene rings is 1. The molecule has 6 heteroatoms. The maximum Gasteiger partial charge on any atom is 0.410 e. The molecule has 1 aromatic heterocycles. The van der Waals surface area contributed by atoms with Crippen LogP contribution in [0.3, 0.4) is 0 Å². The van der Waals surface area contributed by atoms with Crippen LogP contribution in [-0.4, -0.2) is 24.8 Å². The zero-order valence-electron chi connectivity index (χ0n) is 11.0. The lowest BCUT2D eigenvalue weighted by molar-refractivity contribution is -0.195. The summed E-state index contributed by atoms with van der Waals surface area (Å²) < 4.78 is 46.1. The molecule has 3 nitrogen and oxygen atoms in total. The molecule has 1 unspecified atom stereocenters. The second kappa shape index (κ2) is 4.41. The van der Waals surface area contributed by atoms with E-state index >= 15 is 0 Å². The van der Waals surface area contributed by atoms with Crippen LogP contribution in [0.4, 0.5) is 13.2 Å². The average Bonchev–Trinajstić information content (AvgIpc) is 3.04. The predicted octanol–water partition coefficient (Wildman–Crippen LogP) is 3.32. The molecule has 0 aliphatic carbocycles. The number of H-pyrrole nitrogens is 1. The van der Waals surface area contributed by atoms with Crippen molar-refractivity contribution in [2.24, 2.45) is 0 Å². The van der Waals surface area contributed by atoms with Gasteiger partial charge in [-0.15, -0.1) is 0 Å². The van der Waals surface area contributed by atoms with Crippen molar-refractivity contribution < 1.29 is 17.9 Å². The Hall–Kier alpha value is -1.69. The molecule has 0 amide bonds. The van der Waals surface area contributed by atoms with E-state index in [9.17, 15) is 13.2 Å². The Bertz CT molecular complexity index is 627. The molecule has 0 radical (unpaired) electrons. The van der Waals surface area contributed by atoms with Crippen molar-refractivity contribution in [2.45, 2.75) is 24.6 Å². The lowest BCUT2D eigenvalue weighted by Crippen LogP contribution is -2.49. The van der Waals surface area contributed by atoms with Crippen LogP contribution < -0.4 is 10.1 Å². The van der Waals surface area contributed by atoms with E-state index in [0.717, 1.165) is 0 Å². The number of methoxy groups -OCH3 is 1. The van der Waals surface area contributed by atoms with Gasteiger partial charge < -0.3 is 9.72 Å². The Morgan fingerprint density at radius 1 is 1.30 bits per heavy atom. The third-order valence-electron chi connectivity index (χ3n) is 3.99. The monoisotopic (exact) mass is 284 g/mol. The number of alkyl halides is 3. The molecule has 0 bridgehead atoms. The van der Waals surface area contributed by atoms with Gasteiger partial charge in [0.1, 0.15) is 11.3 Å². The largest absolute Gasteiger partial charge is 0.496 e. The standard InChI is InChI=1S/C14H15F3N2O/c1-20-11-5-2-4-10-12(11)9(8-18-10)13(14(15,16)17)6-3-7-19-13/h2,4-5,8,18-19H,3,6-7H2,1H3. The maximum absolute atomic E-state index is 13.6. The zero-order valence-corrected chi connectivity index (χ0v) is 11.0. The van der Waals surface area contributed by atoms with Gasteiger partial charge in [0.25, 0.3) is 0 Å². The van der Waals surface area contributed by atoms with Gasteiger partial charge in [0.05, 0.1) is 7.11 Å². The highest BCUT2D eigenvalue weighted by Crippen LogP contribution is 2.48. The van der Waals surface area contributed by atoms with Crippen LogP contribution >= 0.6 is 0 Å². The molecular formula is C14H15F3N2O. The fraction of sp³-hybridized carbons (Fsp3) is 0.429. The van der Waals surface area contributed by atoms with Gasteiger partial charge in [-0.25, -0.2) is 0 Å². The van der Waals surface area contributed by atoms with E-state index in [-0.39, 0.29) is 12.0 Å². The molecule has 108 valence electrons. The summed E-state index contributed by atoms with van der Waals surface area (Å²) in [5, 5.41) is 3.16. The number of aromatic amines is 1. The lowest BCUT2D eigenvalue weighted by atomic mass is 9.87. The van der Waals surface area contributed by atoms with Gasteiger partial charge in [0.15, 0.2) is 0 Å². The van der Waals surface area contributed by atoms with Crippen molar-refractivity contribution in [1.29, 1.82) is 0 Å². The first-order valence-electron chi connectivity index (χ1n) is 6.46. The summed E-state index contributed by atoms with van der Waals surface area (Å²) in [5.74, 6) is 0.455. The minimum atomic E-state index is -4.35. The number of hydrogen-bond acceptors (Lipinski definition) is 2. The van der Waals surface area contributed by atoms with Gasteiger partial charge in [0.2, 0.25) is 0 Å². The summed E-state index contributed by atoms with van der Waals surface area (Å²) in [6.07, 6.45) is -2.36. The van der Waals surface area contributed by atoms with Crippen molar-refractivity contribution in [2.75, 3.05) is 13.7 Å². The molecule has 2 aromatic rings. The van der Waals surface area contributed by atoms with Crippen LogP contribution in [0, 0.1) is 0 Å². The van der Waals surface area contributed by atoms with Gasteiger partial charge in [-0.2, -0.15) is 13.2 Å². The summed E-state index contributed by atoms with van der Waals surface area (Å²) >= 11 is 0. The van der Waals surface area contributed by atoms with E-state index in [0.29, 0.717) is 29.6 Å². The van der Waals surface area contributed by atoms with Gasteiger partial charge in [-0.1, -0.05) is 6.07 Å². The van der Waals surface area contributed by atoms with Crippen molar-refractivity contribution in [1.82, 2.24) is 10.3 Å². The average molecular weight is 284 g/mol. The molecule has 1 aromatic carbocycles. The normalized spacial score (nSPS) is 23.4. The smallest absolute Gasteiger partial charge is 0.410 e. The van der Waals surface area contributed by atoms with Gasteiger partial charge >= 0.3 is 6.18 Å². The molecule has 1 atom stereocenters. The highest BCUT2D eigenvalue weighted by atomic mass is 19.4. The van der Waals surface area contributed by atoms with Gasteiger partial charge in [-0.3, -0.25) is 5.32 Å². The van der Waals surface area contributed by atoms with Gasteiger partial charge in [-0.05, 0) is 31.5 Å². The topological polar surface area (TPSA) is 37.0 Å². The van der Waals surface area contributed by atoms with E-state index in [1.54, 1.807) is 18.2 Å². The molecule has 1 aliphatic rings. The predicted molar refractivity (Wildman–Crippen MR) is 69.8 cm³/mol. The minimum Gasteiger partial charge on any atom is -0.496 e. The first-order valence-corrected chi connectivity index (χ1v) is 6.46. The molecule has 3 rings (SSSR count). The fourth-order valence-electron chi connectivity index (χ4n) is 3.03. The van der Waals surface area contributed by atoms with Crippen LogP contribution in [0.25, 0.3) is 10.9 Å². The maximum atomic E-state index is 13.6. The summed E-state index contributed by atoms with van der Waals surface area (Å²) in [5.41, 5.74) is -1.12. The lowest BCUT2D eigenvalue weighted by Gasteiger charge is -2.32. The van der Waals surface area contributed by atoms with E-state index in [2.05, 4.69) is 10.3 Å². The Kier molecular flexibility index (Phi) is 2.93. The fourth-order valence-corrected chi connectivity index (χ4v) is 3.03. The SMILES string of the molecule is COc1cccc2[nH]cc(C3(C(F)(F)F)CCCN3)c12. The molecule has 2 N–H and O–H groups in total. The minimum absolute atomic E-state index is 0.0432. The number of aromatic nitrogens is 1. The summed E-state index contributed by atoms with van der Waals surface area (Å²) in [6.45, 7) is 0.362. The van der Waals surface area contributed by atoms with Crippen LogP contribution in [0.1, 0.15) is 18.4 Å². The first-order chi connectivity index (χ1) is 9.49. The molecule has 20 heavy (non-hydrogen) atoms. The van der Waals surface area contributed by atoms with Crippen molar-refractivity contribution in [3.63, 3.8) is 0 Å². The molecule has 0 saturated carbocycles. The quantitative estimate of drug-likeness (QED) is 0.887. The summed E-state index contributed by atoms with van der Waals surface area (Å²) in [4.78, 5) is 2.92. The van der Waals surface area contributed by atoms with Crippen LogP contribution in [-0.2, 0) is 5.54 Å². The molecule has 1 saturated heterocycles. The number of ether oxygens (including phenoxy) is 1. The number of fused-ring (bicyclic) bond motifs is 1. The number of halogens is 3. The molecular weight excluding hydrogens is 269 g/mol. The second-order valence-electron chi connectivity index (χ2n) is 5.02. The number of hydrogen-bond donors (Lipinski definition) is 2. The Morgan fingerprint density at radius 3 is 2.70 bits per heavy atom. The van der Waals surface area contributed by atoms with Gasteiger partial charge in [0, 0.05) is 22.7 Å². The molecule has 1 aliphatic heterocycles. The molecule has 2 heterocycles. The van der Waals surface area contributed by atoms with Crippen molar-refractivity contribution >= 4 is 10.9 Å². The van der Waals surface area contributed by atoms with E-state index in [1.807, 2.05) is 0 Å². The van der Waals surface area contributed by atoms with E-state index in [1.165, 1.54) is 13.3 Å². The Morgan fingerprint density at radius 2 is 2.10 bits per heavy atom. The zero-order chi connectivity index (χ0) is 14.4. The Balaban J connectivity index is 2.28. The summed E-state index contributed by atoms with van der Waals surface area (Å²) in [6, 6.07) is 5.18. The summed E-state index contributed by atoms with van der Waals surface area (Å²) in [7, 11) is 1.47. The van der Waals surface area contributed by atoms with Crippen LogP contribution in [0.2, 0.25) is 0 Å². The van der Waals surface area contributed by atoms with E-state index in [4.69, 9.17) is 4.74 Å². The first kappa shape index (κ1) is 13.3. The second-order valence-corrected chi connectivity index (χ2v) is 5.02. The highest BCUT2D eigenvalue weighted by molar-refractivity contribution is 5.90. The third-order valence-corrected chi connectivity index (χ3v) is 3.99. The van der Waals surface area contributed by atoms with Crippen molar-refractivity contribution in [3.8, 4) is 5.75 Å². The molecule has 0 spiro atoms. The van der Waals surface area contributed by atoms with Crippen molar-refractivity contribution in [3.05, 3.63) is 30.0 Å². The third kappa shape index (κ3) is 1.71. The Labute approximate surface area is 114 Å². The number of nitrogens with one attached hydrogen (secondary N) is 2. The highest BCUT2D eigenvalue weighted by Gasteiger charge is 2.58. The number of rotatable bonds is 2. The van der Waals surface area contributed by atoms with Crippen LogP contribution in [0.5, 0.6) is 5.75 Å². The van der Waals surface area contributed by atoms with E-state index < -0.39 is 11.7 Å². The van der Waals surface area contributed by atoms with Crippen LogP contribution in [0.15, 0.2) is 24.4 Å².